The summed E-state index contributed by atoms with van der Waals surface area (Å²) in [6.07, 6.45) is -1.40. The zero-order valence-electron chi connectivity index (χ0n) is 13.0. The third kappa shape index (κ3) is 5.45. The van der Waals surface area contributed by atoms with Gasteiger partial charge >= 0.3 is 17.5 Å². The number of hydrogen-bond donors (Lipinski definition) is 2. The fourth-order valence-corrected chi connectivity index (χ4v) is 2.04. The van der Waals surface area contributed by atoms with Crippen LogP contribution in [0.4, 0.5) is 0 Å². The van der Waals surface area contributed by atoms with Crippen LogP contribution in [-0.4, -0.2) is 66.6 Å². The van der Waals surface area contributed by atoms with E-state index >= 15 is 0 Å². The minimum atomic E-state index is -2.80. The lowest BCUT2D eigenvalue weighted by Gasteiger charge is -2.30. The maximum Gasteiger partial charge on any atom is 0.437 e. The van der Waals surface area contributed by atoms with Gasteiger partial charge in [-0.25, -0.2) is 9.59 Å². The number of nitrogens with one attached hydrogen (secondary N) is 2. The molecule has 9 nitrogen and oxygen atoms in total. The highest BCUT2D eigenvalue weighted by Crippen LogP contribution is 2.20. The smallest absolute Gasteiger partial charge is 0.437 e. The Morgan fingerprint density at radius 3 is 1.74 bits per heavy atom. The van der Waals surface area contributed by atoms with Gasteiger partial charge in [-0.05, 0) is 13.8 Å². The molecule has 0 bridgehead atoms. The van der Waals surface area contributed by atoms with E-state index in [1.54, 1.807) is 0 Å². The Balaban J connectivity index is 5.91. The number of esters is 2. The van der Waals surface area contributed by atoms with E-state index in [0.717, 1.165) is 0 Å². The van der Waals surface area contributed by atoms with Crippen LogP contribution in [0.3, 0.4) is 0 Å². The van der Waals surface area contributed by atoms with Crippen LogP contribution in [-0.2, 0) is 19.1 Å². The van der Waals surface area contributed by atoms with Crippen LogP contribution in [0, 0.1) is 10.1 Å². The van der Waals surface area contributed by atoms with Gasteiger partial charge in [-0.3, -0.25) is 20.7 Å². The molecule has 0 aromatic rings. The third-order valence-corrected chi connectivity index (χ3v) is 3.14. The highest BCUT2D eigenvalue weighted by atomic mass is 35.5. The molecule has 0 saturated heterocycles. The molecule has 0 rings (SSSR count). The number of nitro groups is 1. The Hall–Kier alpha value is -1.16. The first kappa shape index (κ1) is 21.8. The van der Waals surface area contributed by atoms with Crippen molar-refractivity contribution in [2.75, 3.05) is 38.1 Å². The standard InChI is InChI=1S/C12H21Cl2N3O6/c1-3-22-10(18)12(17(20)21,11(19)23-4-2)9(15-7-5-13)16-8-6-14/h9,15-16H,3-8H2,1-2H3. The predicted octanol–water partition coefficient (Wildman–Crippen LogP) is 0.111. The summed E-state index contributed by atoms with van der Waals surface area (Å²) in [7, 11) is 0. The SMILES string of the molecule is CCOC(=O)C(C(=O)OCC)(C(NCCCl)NCCCl)[N+](=O)[O-]. The van der Waals surface area contributed by atoms with E-state index in [4.69, 9.17) is 32.7 Å². The van der Waals surface area contributed by atoms with Gasteiger partial charge in [-0.2, -0.15) is 0 Å². The molecule has 0 fully saturated rings. The molecule has 0 aliphatic rings. The molecule has 0 aromatic carbocycles. The summed E-state index contributed by atoms with van der Waals surface area (Å²) in [5, 5.41) is 17.0. The van der Waals surface area contributed by atoms with Gasteiger partial charge in [0.1, 0.15) is 0 Å². The molecule has 0 amide bonds. The minimum Gasteiger partial charge on any atom is -0.460 e. The number of hydrogen-bond acceptors (Lipinski definition) is 8. The molecule has 0 aromatic heterocycles. The number of rotatable bonds is 12. The van der Waals surface area contributed by atoms with Gasteiger partial charge in [0.25, 0.3) is 0 Å². The zero-order chi connectivity index (χ0) is 17.9. The second-order valence-corrected chi connectivity index (χ2v) is 4.94. The average molecular weight is 374 g/mol. The molecule has 11 heteroatoms. The van der Waals surface area contributed by atoms with E-state index in [0.29, 0.717) is 0 Å². The maximum atomic E-state index is 12.3. The van der Waals surface area contributed by atoms with Crippen molar-refractivity contribution in [1.29, 1.82) is 0 Å². The first-order valence-corrected chi connectivity index (χ1v) is 8.07. The normalized spacial score (nSPS) is 11.3. The zero-order valence-corrected chi connectivity index (χ0v) is 14.5. The van der Waals surface area contributed by atoms with Gasteiger partial charge in [-0.15, -0.1) is 23.2 Å². The predicted molar refractivity (Wildman–Crippen MR) is 84.2 cm³/mol. The number of ether oxygens (including phenoxy) is 2. The van der Waals surface area contributed by atoms with Gasteiger partial charge in [0.2, 0.25) is 0 Å². The van der Waals surface area contributed by atoms with E-state index in [1.807, 2.05) is 0 Å². The second-order valence-electron chi connectivity index (χ2n) is 4.18. The molecule has 0 aliphatic heterocycles. The molecule has 134 valence electrons. The van der Waals surface area contributed by atoms with E-state index < -0.39 is 28.6 Å². The molecular formula is C12H21Cl2N3O6. The molecule has 2 N–H and O–H groups in total. The van der Waals surface area contributed by atoms with Crippen LogP contribution in [0.5, 0.6) is 0 Å². The lowest BCUT2D eigenvalue weighted by Crippen LogP contribution is -2.71. The van der Waals surface area contributed by atoms with Crippen molar-refractivity contribution in [3.8, 4) is 0 Å². The van der Waals surface area contributed by atoms with Crippen LogP contribution < -0.4 is 10.6 Å². The largest absolute Gasteiger partial charge is 0.460 e. The summed E-state index contributed by atoms with van der Waals surface area (Å²) in [6.45, 7) is 2.89. The lowest BCUT2D eigenvalue weighted by molar-refractivity contribution is -0.547. The van der Waals surface area contributed by atoms with E-state index in [9.17, 15) is 19.7 Å². The van der Waals surface area contributed by atoms with E-state index in [-0.39, 0.29) is 38.1 Å². The lowest BCUT2D eigenvalue weighted by atomic mass is 9.95. The monoisotopic (exact) mass is 373 g/mol. The molecule has 0 spiro atoms. The van der Waals surface area contributed by atoms with E-state index in [2.05, 4.69) is 10.6 Å². The molecule has 0 saturated carbocycles. The summed E-state index contributed by atoms with van der Waals surface area (Å²) < 4.78 is 9.50. The Kier molecular flexibility index (Phi) is 10.8. The summed E-state index contributed by atoms with van der Waals surface area (Å²) >= 11 is 11.1. The Morgan fingerprint density at radius 1 is 1.09 bits per heavy atom. The topological polar surface area (TPSA) is 120 Å². The van der Waals surface area contributed by atoms with Crippen molar-refractivity contribution in [3.05, 3.63) is 10.1 Å². The third-order valence-electron chi connectivity index (χ3n) is 2.76. The van der Waals surface area contributed by atoms with Crippen LogP contribution in [0.2, 0.25) is 0 Å². The number of halogens is 2. The van der Waals surface area contributed by atoms with Crippen molar-refractivity contribution in [2.45, 2.75) is 25.6 Å². The maximum absolute atomic E-state index is 12.3. The van der Waals surface area contributed by atoms with Crippen molar-refractivity contribution >= 4 is 35.1 Å². The summed E-state index contributed by atoms with van der Waals surface area (Å²) in [6, 6.07) is 0. The van der Waals surface area contributed by atoms with Crippen molar-refractivity contribution in [1.82, 2.24) is 10.6 Å². The molecule has 0 heterocycles. The number of nitrogens with zero attached hydrogens (tertiary/aromatic N) is 1. The fourth-order valence-electron chi connectivity index (χ4n) is 1.82. The van der Waals surface area contributed by atoms with Crippen LogP contribution in [0.1, 0.15) is 13.8 Å². The minimum absolute atomic E-state index is 0.107. The Labute approximate surface area is 144 Å². The molecular weight excluding hydrogens is 353 g/mol. The molecule has 0 aliphatic carbocycles. The van der Waals surface area contributed by atoms with E-state index in [1.165, 1.54) is 13.8 Å². The quantitative estimate of drug-likeness (QED) is 0.123. The first-order valence-electron chi connectivity index (χ1n) is 7.00. The van der Waals surface area contributed by atoms with Gasteiger partial charge in [0.15, 0.2) is 6.17 Å². The highest BCUT2D eigenvalue weighted by Gasteiger charge is 2.67. The second kappa shape index (κ2) is 11.4. The van der Waals surface area contributed by atoms with Crippen LogP contribution >= 0.6 is 23.2 Å². The number of carbonyl (C=O) groups is 2. The Bertz CT molecular complexity index is 384. The van der Waals surface area contributed by atoms with Crippen LogP contribution in [0.25, 0.3) is 0 Å². The van der Waals surface area contributed by atoms with Crippen molar-refractivity contribution < 1.29 is 24.0 Å². The van der Waals surface area contributed by atoms with Gasteiger partial charge in [0.05, 0.1) is 18.1 Å². The summed E-state index contributed by atoms with van der Waals surface area (Å²) in [5.74, 6) is -2.42. The molecule has 0 atom stereocenters. The highest BCUT2D eigenvalue weighted by molar-refractivity contribution is 6.18. The molecule has 0 unspecified atom stereocenters. The van der Waals surface area contributed by atoms with Crippen molar-refractivity contribution in [2.24, 2.45) is 0 Å². The fraction of sp³-hybridized carbons (Fsp3) is 0.833. The summed E-state index contributed by atoms with van der Waals surface area (Å²) in [4.78, 5) is 35.2. The molecule has 0 radical (unpaired) electrons. The van der Waals surface area contributed by atoms with Crippen LogP contribution in [0.15, 0.2) is 0 Å². The summed E-state index contributed by atoms with van der Waals surface area (Å²) in [5.41, 5.74) is -2.80. The van der Waals surface area contributed by atoms with Gasteiger partial charge in [0, 0.05) is 24.8 Å². The van der Waals surface area contributed by atoms with Gasteiger partial charge in [-0.1, -0.05) is 0 Å². The molecule has 23 heavy (non-hydrogen) atoms. The number of carbonyl (C=O) groups excluding carboxylic acids is 2. The average Bonchev–Trinajstić information content (AvgIpc) is 2.50. The van der Waals surface area contributed by atoms with Crippen molar-refractivity contribution in [3.63, 3.8) is 0 Å². The van der Waals surface area contributed by atoms with Gasteiger partial charge < -0.3 is 9.47 Å². The number of alkyl halides is 2. The first-order chi connectivity index (χ1) is 10.9. The Morgan fingerprint density at radius 2 is 1.48 bits per heavy atom.